The van der Waals surface area contributed by atoms with Crippen LogP contribution in [0, 0.1) is 6.92 Å². The molecule has 1 N–H and O–H groups in total. The van der Waals surface area contributed by atoms with Gasteiger partial charge in [-0.05, 0) is 25.5 Å². The van der Waals surface area contributed by atoms with Gasteiger partial charge in [-0.25, -0.2) is 9.97 Å². The van der Waals surface area contributed by atoms with Gasteiger partial charge in [-0.3, -0.25) is 0 Å². The Labute approximate surface area is 78.9 Å². The van der Waals surface area contributed by atoms with Crippen LogP contribution in [0.3, 0.4) is 0 Å². The quantitative estimate of drug-likeness (QED) is 0.546. The van der Waals surface area contributed by atoms with Crippen LogP contribution in [0.25, 0.3) is 0 Å². The van der Waals surface area contributed by atoms with Gasteiger partial charge in [-0.1, -0.05) is 6.08 Å². The summed E-state index contributed by atoms with van der Waals surface area (Å²) in [7, 11) is 0. The van der Waals surface area contributed by atoms with Crippen molar-refractivity contribution in [3.8, 4) is 0 Å². The molecular weight excluding hydrogens is 162 g/mol. The lowest BCUT2D eigenvalue weighted by atomic mass is 10.4. The second-order valence-electron chi connectivity index (χ2n) is 2.93. The highest BCUT2D eigenvalue weighted by atomic mass is 14.9. The standard InChI is InChI=1S/C10H15N3/c1-3-4-5-11-8-10-12-6-9(2)7-13-10/h3,6-7,11H,1,4-5,8H2,2H3. The third kappa shape index (κ3) is 3.80. The highest BCUT2D eigenvalue weighted by Gasteiger charge is 1.93. The maximum absolute atomic E-state index is 4.18. The Kier molecular flexibility index (Phi) is 4.12. The van der Waals surface area contributed by atoms with Crippen molar-refractivity contribution in [1.29, 1.82) is 0 Å². The first-order valence-corrected chi connectivity index (χ1v) is 4.42. The van der Waals surface area contributed by atoms with Crippen molar-refractivity contribution in [1.82, 2.24) is 15.3 Å². The Morgan fingerprint density at radius 2 is 2.15 bits per heavy atom. The monoisotopic (exact) mass is 177 g/mol. The molecule has 0 unspecified atom stereocenters. The van der Waals surface area contributed by atoms with Crippen LogP contribution < -0.4 is 5.32 Å². The van der Waals surface area contributed by atoms with E-state index in [0.717, 1.165) is 30.9 Å². The van der Waals surface area contributed by atoms with E-state index in [1.807, 2.05) is 25.4 Å². The minimum absolute atomic E-state index is 0.730. The van der Waals surface area contributed by atoms with Gasteiger partial charge >= 0.3 is 0 Å². The fourth-order valence-electron chi connectivity index (χ4n) is 0.915. The number of rotatable bonds is 5. The molecule has 1 aromatic rings. The number of hydrogen-bond donors (Lipinski definition) is 1. The van der Waals surface area contributed by atoms with Crippen molar-refractivity contribution >= 4 is 0 Å². The molecule has 0 aromatic carbocycles. The van der Waals surface area contributed by atoms with Crippen LogP contribution in [0.4, 0.5) is 0 Å². The van der Waals surface area contributed by atoms with Crippen molar-refractivity contribution < 1.29 is 0 Å². The Morgan fingerprint density at radius 1 is 1.46 bits per heavy atom. The molecule has 0 spiro atoms. The molecule has 0 fully saturated rings. The van der Waals surface area contributed by atoms with Crippen LogP contribution in [0.15, 0.2) is 25.0 Å². The number of nitrogens with one attached hydrogen (secondary N) is 1. The molecule has 1 rings (SSSR count). The third-order valence-electron chi connectivity index (χ3n) is 1.64. The molecule has 0 saturated carbocycles. The maximum atomic E-state index is 4.18. The first kappa shape index (κ1) is 9.86. The topological polar surface area (TPSA) is 37.8 Å². The van der Waals surface area contributed by atoms with Crippen molar-refractivity contribution in [3.63, 3.8) is 0 Å². The molecule has 0 atom stereocenters. The van der Waals surface area contributed by atoms with Gasteiger partial charge in [0.2, 0.25) is 0 Å². The van der Waals surface area contributed by atoms with Gasteiger partial charge < -0.3 is 5.32 Å². The van der Waals surface area contributed by atoms with Crippen LogP contribution in [-0.2, 0) is 6.54 Å². The number of hydrogen-bond acceptors (Lipinski definition) is 3. The number of nitrogens with zero attached hydrogens (tertiary/aromatic N) is 2. The molecule has 3 nitrogen and oxygen atoms in total. The van der Waals surface area contributed by atoms with Crippen LogP contribution in [-0.4, -0.2) is 16.5 Å². The Bertz CT molecular complexity index is 253. The van der Waals surface area contributed by atoms with Gasteiger partial charge in [0.25, 0.3) is 0 Å². The van der Waals surface area contributed by atoms with E-state index in [9.17, 15) is 0 Å². The van der Waals surface area contributed by atoms with E-state index in [0.29, 0.717) is 0 Å². The molecule has 1 aromatic heterocycles. The van der Waals surface area contributed by atoms with Crippen molar-refractivity contribution in [2.45, 2.75) is 19.9 Å². The van der Waals surface area contributed by atoms with Crippen LogP contribution in [0.1, 0.15) is 17.8 Å². The van der Waals surface area contributed by atoms with Crippen LogP contribution >= 0.6 is 0 Å². The Hall–Kier alpha value is -1.22. The SMILES string of the molecule is C=CCCNCc1ncc(C)cn1. The second-order valence-corrected chi connectivity index (χ2v) is 2.93. The van der Waals surface area contributed by atoms with Gasteiger partial charge in [0.05, 0.1) is 6.54 Å². The lowest BCUT2D eigenvalue weighted by Gasteiger charge is -2.01. The summed E-state index contributed by atoms with van der Waals surface area (Å²) in [5.41, 5.74) is 1.09. The van der Waals surface area contributed by atoms with Gasteiger partial charge in [0, 0.05) is 12.4 Å². The summed E-state index contributed by atoms with van der Waals surface area (Å²) in [6.45, 7) is 7.29. The average molecular weight is 177 g/mol. The van der Waals surface area contributed by atoms with E-state index >= 15 is 0 Å². The van der Waals surface area contributed by atoms with Gasteiger partial charge in [-0.2, -0.15) is 0 Å². The average Bonchev–Trinajstić information content (AvgIpc) is 2.15. The number of aromatic nitrogens is 2. The first-order chi connectivity index (χ1) is 6.33. The summed E-state index contributed by atoms with van der Waals surface area (Å²) >= 11 is 0. The largest absolute Gasteiger partial charge is 0.310 e. The molecule has 1 heterocycles. The minimum atomic E-state index is 0.730. The molecule has 0 radical (unpaired) electrons. The normalized spacial score (nSPS) is 9.92. The molecule has 0 aliphatic heterocycles. The van der Waals surface area contributed by atoms with Gasteiger partial charge in [0.15, 0.2) is 0 Å². The van der Waals surface area contributed by atoms with Crippen molar-refractivity contribution in [2.75, 3.05) is 6.54 Å². The van der Waals surface area contributed by atoms with Gasteiger partial charge in [0.1, 0.15) is 5.82 Å². The van der Waals surface area contributed by atoms with E-state index in [1.54, 1.807) is 0 Å². The Morgan fingerprint density at radius 3 is 2.77 bits per heavy atom. The van der Waals surface area contributed by atoms with Crippen molar-refractivity contribution in [2.24, 2.45) is 0 Å². The zero-order chi connectivity index (χ0) is 9.52. The summed E-state index contributed by atoms with van der Waals surface area (Å²) in [5.74, 6) is 0.842. The summed E-state index contributed by atoms with van der Waals surface area (Å²) in [6, 6.07) is 0. The lowest BCUT2D eigenvalue weighted by Crippen LogP contribution is -2.15. The molecule has 70 valence electrons. The summed E-state index contributed by atoms with van der Waals surface area (Å²) in [4.78, 5) is 8.35. The highest BCUT2D eigenvalue weighted by molar-refractivity contribution is 5.01. The molecule has 0 aliphatic rings. The summed E-state index contributed by atoms with van der Waals surface area (Å²) in [5, 5.41) is 3.23. The molecular formula is C10H15N3. The zero-order valence-corrected chi connectivity index (χ0v) is 7.95. The smallest absolute Gasteiger partial charge is 0.141 e. The predicted molar refractivity (Wildman–Crippen MR) is 53.3 cm³/mol. The van der Waals surface area contributed by atoms with Crippen molar-refractivity contribution in [3.05, 3.63) is 36.4 Å². The number of aryl methyl sites for hydroxylation is 1. The molecule has 3 heteroatoms. The molecule has 0 bridgehead atoms. The Balaban J connectivity index is 2.28. The fraction of sp³-hybridized carbons (Fsp3) is 0.400. The molecule has 13 heavy (non-hydrogen) atoms. The molecule has 0 saturated heterocycles. The molecule has 0 aliphatic carbocycles. The summed E-state index contributed by atoms with van der Waals surface area (Å²) in [6.07, 6.45) is 6.53. The van der Waals surface area contributed by atoms with Crippen LogP contribution in [0.5, 0.6) is 0 Å². The minimum Gasteiger partial charge on any atom is -0.310 e. The van der Waals surface area contributed by atoms with E-state index < -0.39 is 0 Å². The second kappa shape index (κ2) is 5.43. The van der Waals surface area contributed by atoms with Crippen LogP contribution in [0.2, 0.25) is 0 Å². The van der Waals surface area contributed by atoms with E-state index in [1.165, 1.54) is 0 Å². The fourth-order valence-corrected chi connectivity index (χ4v) is 0.915. The van der Waals surface area contributed by atoms with E-state index in [4.69, 9.17) is 0 Å². The van der Waals surface area contributed by atoms with E-state index in [2.05, 4.69) is 21.9 Å². The lowest BCUT2D eigenvalue weighted by molar-refractivity contribution is 0.665. The van der Waals surface area contributed by atoms with Gasteiger partial charge in [-0.15, -0.1) is 6.58 Å². The van der Waals surface area contributed by atoms with E-state index in [-0.39, 0.29) is 0 Å². The summed E-state index contributed by atoms with van der Waals surface area (Å²) < 4.78 is 0. The zero-order valence-electron chi connectivity index (χ0n) is 7.95. The highest BCUT2D eigenvalue weighted by Crippen LogP contribution is 1.92. The predicted octanol–water partition coefficient (Wildman–Crippen LogP) is 1.45. The maximum Gasteiger partial charge on any atom is 0.141 e. The first-order valence-electron chi connectivity index (χ1n) is 4.42. The third-order valence-corrected chi connectivity index (χ3v) is 1.64. The molecule has 0 amide bonds.